The van der Waals surface area contributed by atoms with Crippen molar-refractivity contribution in [1.82, 2.24) is 5.43 Å². The molecule has 0 atom stereocenters. The van der Waals surface area contributed by atoms with E-state index in [9.17, 15) is 4.79 Å². The lowest BCUT2D eigenvalue weighted by Crippen LogP contribution is -2.16. The molecule has 110 valence electrons. The fourth-order valence-corrected chi connectivity index (χ4v) is 1.94. The van der Waals surface area contributed by atoms with Crippen LogP contribution in [-0.4, -0.2) is 26.0 Å². The van der Waals surface area contributed by atoms with Gasteiger partial charge < -0.3 is 9.47 Å². The van der Waals surface area contributed by atoms with Crippen molar-refractivity contribution in [3.8, 4) is 5.75 Å². The molecule has 0 unspecified atom stereocenters. The summed E-state index contributed by atoms with van der Waals surface area (Å²) in [4.78, 5) is 11.0. The molecule has 1 N–H and O–H groups in total. The highest BCUT2D eigenvalue weighted by atomic mass is 16.5. The van der Waals surface area contributed by atoms with Crippen molar-refractivity contribution in [2.24, 2.45) is 5.10 Å². The normalized spacial score (nSPS) is 10.8. The Hall–Kier alpha value is -2.56. The second-order valence-electron chi connectivity index (χ2n) is 4.41. The molecule has 0 radical (unpaired) electrons. The maximum absolute atomic E-state index is 11.0. The molecule has 0 spiro atoms. The predicted octanol–water partition coefficient (Wildman–Crippen LogP) is 3.32. The number of hydrogen-bond donors (Lipinski definition) is 1. The Morgan fingerprint density at radius 2 is 2.10 bits per heavy atom. The van der Waals surface area contributed by atoms with Crippen LogP contribution < -0.4 is 10.2 Å². The number of methoxy groups -OCH3 is 1. The zero-order valence-electron chi connectivity index (χ0n) is 12.1. The quantitative estimate of drug-likeness (QED) is 0.677. The second kappa shape index (κ2) is 7.28. The van der Waals surface area contributed by atoms with E-state index < -0.39 is 6.09 Å². The van der Waals surface area contributed by atoms with Crippen LogP contribution in [0.25, 0.3) is 10.8 Å². The number of carbonyl (C=O) groups is 1. The number of fused-ring (bicyclic) bond motifs is 1. The SMILES string of the molecule is CCCOc1ccc2ccccc2c1/C=N\NC(=O)OC. The van der Waals surface area contributed by atoms with E-state index in [0.29, 0.717) is 6.61 Å². The number of rotatable bonds is 5. The summed E-state index contributed by atoms with van der Waals surface area (Å²) in [6.45, 7) is 2.68. The number of nitrogens with one attached hydrogen (secondary N) is 1. The average Bonchev–Trinajstić information content (AvgIpc) is 2.53. The molecule has 0 aliphatic heterocycles. The van der Waals surface area contributed by atoms with Gasteiger partial charge >= 0.3 is 6.09 Å². The lowest BCUT2D eigenvalue weighted by atomic mass is 10.0. The summed E-state index contributed by atoms with van der Waals surface area (Å²) in [6, 6.07) is 11.9. The van der Waals surface area contributed by atoms with Gasteiger partial charge in [-0.15, -0.1) is 0 Å². The van der Waals surface area contributed by atoms with Crippen LogP contribution in [0.2, 0.25) is 0 Å². The van der Waals surface area contributed by atoms with Gasteiger partial charge in [0.2, 0.25) is 0 Å². The number of amides is 1. The molecule has 2 rings (SSSR count). The fourth-order valence-electron chi connectivity index (χ4n) is 1.94. The number of hydrazone groups is 1. The Morgan fingerprint density at radius 1 is 1.29 bits per heavy atom. The molecule has 5 nitrogen and oxygen atoms in total. The summed E-state index contributed by atoms with van der Waals surface area (Å²) < 4.78 is 10.2. The van der Waals surface area contributed by atoms with Gasteiger partial charge in [0.05, 0.1) is 19.9 Å². The number of carbonyl (C=O) groups excluding carboxylic acids is 1. The highest BCUT2D eigenvalue weighted by Gasteiger charge is 2.07. The number of benzene rings is 2. The van der Waals surface area contributed by atoms with Gasteiger partial charge in [-0.05, 0) is 23.3 Å². The third-order valence-electron chi connectivity index (χ3n) is 2.93. The minimum Gasteiger partial charge on any atom is -0.493 e. The summed E-state index contributed by atoms with van der Waals surface area (Å²) in [5, 5.41) is 6.00. The van der Waals surface area contributed by atoms with Crippen LogP contribution in [-0.2, 0) is 4.74 Å². The van der Waals surface area contributed by atoms with E-state index in [1.165, 1.54) is 7.11 Å². The Kier molecular flexibility index (Phi) is 5.15. The largest absolute Gasteiger partial charge is 0.493 e. The van der Waals surface area contributed by atoms with Crippen molar-refractivity contribution in [1.29, 1.82) is 0 Å². The highest BCUT2D eigenvalue weighted by Crippen LogP contribution is 2.26. The molecule has 0 fully saturated rings. The third kappa shape index (κ3) is 3.72. The molecule has 0 heterocycles. The molecule has 5 heteroatoms. The zero-order chi connectivity index (χ0) is 15.1. The van der Waals surface area contributed by atoms with Gasteiger partial charge in [-0.25, -0.2) is 10.2 Å². The fraction of sp³-hybridized carbons (Fsp3) is 0.250. The van der Waals surface area contributed by atoms with Crippen LogP contribution in [0.1, 0.15) is 18.9 Å². The summed E-state index contributed by atoms with van der Waals surface area (Å²) >= 11 is 0. The van der Waals surface area contributed by atoms with E-state index in [1.807, 2.05) is 43.3 Å². The molecule has 2 aromatic rings. The summed E-state index contributed by atoms with van der Waals surface area (Å²) in [6.07, 6.45) is 1.89. The van der Waals surface area contributed by atoms with Crippen molar-refractivity contribution >= 4 is 23.1 Å². The van der Waals surface area contributed by atoms with Crippen LogP contribution in [0.3, 0.4) is 0 Å². The molecular weight excluding hydrogens is 268 g/mol. The van der Waals surface area contributed by atoms with E-state index in [2.05, 4.69) is 15.3 Å². The maximum Gasteiger partial charge on any atom is 0.427 e. The van der Waals surface area contributed by atoms with Gasteiger partial charge in [0.15, 0.2) is 0 Å². The van der Waals surface area contributed by atoms with E-state index in [1.54, 1.807) is 6.21 Å². The molecule has 0 saturated heterocycles. The van der Waals surface area contributed by atoms with Gasteiger partial charge in [0.25, 0.3) is 0 Å². The molecule has 0 saturated carbocycles. The van der Waals surface area contributed by atoms with Crippen molar-refractivity contribution in [2.45, 2.75) is 13.3 Å². The second-order valence-corrected chi connectivity index (χ2v) is 4.41. The average molecular weight is 286 g/mol. The molecule has 0 aliphatic rings. The van der Waals surface area contributed by atoms with Gasteiger partial charge in [-0.2, -0.15) is 5.10 Å². The number of ether oxygens (including phenoxy) is 2. The summed E-state index contributed by atoms with van der Waals surface area (Å²) in [7, 11) is 1.29. The molecule has 2 aromatic carbocycles. The predicted molar refractivity (Wildman–Crippen MR) is 82.9 cm³/mol. The van der Waals surface area contributed by atoms with Gasteiger partial charge in [-0.3, -0.25) is 0 Å². The highest BCUT2D eigenvalue weighted by molar-refractivity contribution is 6.02. The first kappa shape index (κ1) is 14.8. The van der Waals surface area contributed by atoms with Crippen LogP contribution in [0.5, 0.6) is 5.75 Å². The Morgan fingerprint density at radius 3 is 2.86 bits per heavy atom. The minimum absolute atomic E-state index is 0.609. The van der Waals surface area contributed by atoms with E-state index in [-0.39, 0.29) is 0 Å². The first-order valence-corrected chi connectivity index (χ1v) is 6.77. The molecule has 0 aliphatic carbocycles. The van der Waals surface area contributed by atoms with Crippen molar-refractivity contribution < 1.29 is 14.3 Å². The van der Waals surface area contributed by atoms with Crippen LogP contribution in [0.4, 0.5) is 4.79 Å². The molecule has 21 heavy (non-hydrogen) atoms. The Balaban J connectivity index is 2.37. The van der Waals surface area contributed by atoms with E-state index >= 15 is 0 Å². The lowest BCUT2D eigenvalue weighted by molar-refractivity contribution is 0.171. The topological polar surface area (TPSA) is 59.9 Å². The molecule has 0 aromatic heterocycles. The van der Waals surface area contributed by atoms with Gasteiger partial charge in [-0.1, -0.05) is 37.3 Å². The molecule has 0 bridgehead atoms. The van der Waals surface area contributed by atoms with Crippen molar-refractivity contribution in [2.75, 3.05) is 13.7 Å². The summed E-state index contributed by atoms with van der Waals surface area (Å²) in [5.41, 5.74) is 3.11. The third-order valence-corrected chi connectivity index (χ3v) is 2.93. The Labute approximate surface area is 123 Å². The maximum atomic E-state index is 11.0. The van der Waals surface area contributed by atoms with Crippen LogP contribution in [0, 0.1) is 0 Å². The monoisotopic (exact) mass is 286 g/mol. The molecular formula is C16H18N2O3. The first-order valence-electron chi connectivity index (χ1n) is 6.77. The zero-order valence-corrected chi connectivity index (χ0v) is 12.1. The van der Waals surface area contributed by atoms with Crippen LogP contribution in [0.15, 0.2) is 41.5 Å². The van der Waals surface area contributed by atoms with Crippen LogP contribution >= 0.6 is 0 Å². The number of nitrogens with zero attached hydrogens (tertiary/aromatic N) is 1. The Bertz CT molecular complexity index is 653. The number of hydrogen-bond acceptors (Lipinski definition) is 4. The minimum atomic E-state index is -0.609. The summed E-state index contributed by atoms with van der Waals surface area (Å²) in [5.74, 6) is 0.742. The first-order chi connectivity index (χ1) is 10.3. The smallest absolute Gasteiger partial charge is 0.427 e. The molecule has 1 amide bonds. The van der Waals surface area contributed by atoms with Crippen molar-refractivity contribution in [3.05, 3.63) is 42.0 Å². The van der Waals surface area contributed by atoms with Gasteiger partial charge in [0, 0.05) is 5.56 Å². The van der Waals surface area contributed by atoms with E-state index in [0.717, 1.165) is 28.5 Å². The van der Waals surface area contributed by atoms with Crippen molar-refractivity contribution in [3.63, 3.8) is 0 Å². The van der Waals surface area contributed by atoms with Gasteiger partial charge in [0.1, 0.15) is 5.75 Å². The lowest BCUT2D eigenvalue weighted by Gasteiger charge is -2.10. The standard InChI is InChI=1S/C16H18N2O3/c1-3-10-21-15-9-8-12-6-4-5-7-13(12)14(15)11-17-18-16(19)20-2/h4-9,11H,3,10H2,1-2H3,(H,18,19)/b17-11-. The van der Waals surface area contributed by atoms with E-state index in [4.69, 9.17) is 4.74 Å².